The lowest BCUT2D eigenvalue weighted by molar-refractivity contribution is -0.147. The second-order valence-electron chi connectivity index (χ2n) is 6.75. The summed E-state index contributed by atoms with van der Waals surface area (Å²) < 4.78 is 6.20. The average Bonchev–Trinajstić information content (AvgIpc) is 3.06. The Morgan fingerprint density at radius 1 is 1.25 bits per heavy atom. The van der Waals surface area contributed by atoms with E-state index in [9.17, 15) is 14.4 Å². The van der Waals surface area contributed by atoms with Gasteiger partial charge in [-0.2, -0.15) is 0 Å². The molecule has 2 aliphatic heterocycles. The Bertz CT molecular complexity index is 913. The van der Waals surface area contributed by atoms with Crippen molar-refractivity contribution in [2.75, 3.05) is 24.6 Å². The van der Waals surface area contributed by atoms with Gasteiger partial charge in [0.25, 0.3) is 11.8 Å². The van der Waals surface area contributed by atoms with Crippen molar-refractivity contribution in [1.82, 2.24) is 4.90 Å². The molecule has 0 bridgehead atoms. The first-order chi connectivity index (χ1) is 13.2. The first-order valence-corrected chi connectivity index (χ1v) is 10.8. The normalized spacial score (nSPS) is 19.1. The molecule has 2 amide bonds. The molecule has 1 aromatic rings. The second-order valence-corrected chi connectivity index (χ2v) is 9.31. The highest BCUT2D eigenvalue weighted by Gasteiger charge is 2.42. The summed E-state index contributed by atoms with van der Waals surface area (Å²) in [5.74, 6) is -1.00. The Hall–Kier alpha value is -1.71. The summed E-state index contributed by atoms with van der Waals surface area (Å²) in [5.41, 5.74) is 1.77. The minimum absolute atomic E-state index is 0.198. The highest BCUT2D eigenvalue weighted by atomic mass is 79.9. The lowest BCUT2D eigenvalue weighted by Crippen LogP contribution is -2.35. The van der Waals surface area contributed by atoms with Crippen molar-refractivity contribution in [3.05, 3.63) is 33.1 Å². The summed E-state index contributed by atoms with van der Waals surface area (Å²) in [6.45, 7) is 6.24. The molecule has 1 fully saturated rings. The first kappa shape index (κ1) is 21.0. The number of thioether (sulfide) groups is 1. The standard InChI is InChI=1S/C19H19BrN2O4S2/c1-4-21-13-6-5-11(20)7-12(13)15(17(21)24)16-18(25)22(19(27)28-16)8-14(23)26-9-10(2)3/h5-7,10H,4,8-9H2,1-3H3/b16-15-. The van der Waals surface area contributed by atoms with Gasteiger partial charge in [0.15, 0.2) is 0 Å². The van der Waals surface area contributed by atoms with Crippen LogP contribution in [0.3, 0.4) is 0 Å². The fourth-order valence-corrected chi connectivity index (χ4v) is 4.64. The van der Waals surface area contributed by atoms with Crippen LogP contribution >= 0.6 is 39.9 Å². The molecule has 9 heteroatoms. The number of halogens is 1. The van der Waals surface area contributed by atoms with Gasteiger partial charge in [0.2, 0.25) is 0 Å². The van der Waals surface area contributed by atoms with Gasteiger partial charge in [-0.1, -0.05) is 53.8 Å². The minimum atomic E-state index is -0.521. The number of nitrogens with zero attached hydrogens (tertiary/aromatic N) is 2. The zero-order valence-electron chi connectivity index (χ0n) is 15.7. The van der Waals surface area contributed by atoms with Crippen LogP contribution in [0.2, 0.25) is 0 Å². The molecule has 3 rings (SSSR count). The van der Waals surface area contributed by atoms with Gasteiger partial charge < -0.3 is 9.64 Å². The molecule has 2 heterocycles. The number of rotatable bonds is 5. The summed E-state index contributed by atoms with van der Waals surface area (Å²) in [6.07, 6.45) is 0. The van der Waals surface area contributed by atoms with Crippen molar-refractivity contribution in [1.29, 1.82) is 0 Å². The largest absolute Gasteiger partial charge is 0.464 e. The van der Waals surface area contributed by atoms with Gasteiger partial charge in [0, 0.05) is 16.6 Å². The maximum Gasteiger partial charge on any atom is 0.326 e. The number of ether oxygens (including phenoxy) is 1. The molecule has 0 aliphatic carbocycles. The van der Waals surface area contributed by atoms with Crippen molar-refractivity contribution in [3.63, 3.8) is 0 Å². The number of likely N-dealkylation sites (N-methyl/N-ethyl adjacent to an activating group) is 1. The highest BCUT2D eigenvalue weighted by Crippen LogP contribution is 2.45. The second kappa shape index (κ2) is 8.34. The zero-order valence-corrected chi connectivity index (χ0v) is 18.9. The van der Waals surface area contributed by atoms with E-state index in [1.807, 2.05) is 39.0 Å². The van der Waals surface area contributed by atoms with Crippen LogP contribution in [0.15, 0.2) is 27.6 Å². The van der Waals surface area contributed by atoms with E-state index < -0.39 is 11.9 Å². The third-order valence-electron chi connectivity index (χ3n) is 4.24. The topological polar surface area (TPSA) is 66.9 Å². The van der Waals surface area contributed by atoms with Gasteiger partial charge >= 0.3 is 5.97 Å². The number of amides is 2. The number of thiocarbonyl (C=S) groups is 1. The van der Waals surface area contributed by atoms with Gasteiger partial charge in [0.05, 0.1) is 22.8 Å². The highest BCUT2D eigenvalue weighted by molar-refractivity contribution is 9.10. The van der Waals surface area contributed by atoms with E-state index in [-0.39, 0.29) is 34.2 Å². The Morgan fingerprint density at radius 3 is 2.61 bits per heavy atom. The smallest absolute Gasteiger partial charge is 0.326 e. The Labute approximate surface area is 181 Å². The molecule has 0 unspecified atom stereocenters. The number of esters is 1. The molecule has 0 radical (unpaired) electrons. The lowest BCUT2D eigenvalue weighted by Gasteiger charge is -2.14. The number of anilines is 1. The van der Waals surface area contributed by atoms with Crippen molar-refractivity contribution >= 4 is 73.3 Å². The summed E-state index contributed by atoms with van der Waals surface area (Å²) in [6, 6.07) is 5.52. The van der Waals surface area contributed by atoms with Crippen molar-refractivity contribution in [3.8, 4) is 0 Å². The average molecular weight is 483 g/mol. The molecule has 6 nitrogen and oxygen atoms in total. The van der Waals surface area contributed by atoms with Gasteiger partial charge in [-0.15, -0.1) is 0 Å². The molecule has 2 aliphatic rings. The molecule has 0 spiro atoms. The van der Waals surface area contributed by atoms with Crippen LogP contribution in [-0.2, 0) is 19.1 Å². The number of carbonyl (C=O) groups is 3. The minimum Gasteiger partial charge on any atom is -0.464 e. The fraction of sp³-hybridized carbons (Fsp3) is 0.368. The predicted molar refractivity (Wildman–Crippen MR) is 117 cm³/mol. The monoisotopic (exact) mass is 482 g/mol. The van der Waals surface area contributed by atoms with E-state index in [0.29, 0.717) is 17.7 Å². The van der Waals surface area contributed by atoms with Crippen molar-refractivity contribution in [2.24, 2.45) is 5.92 Å². The fourth-order valence-electron chi connectivity index (χ4n) is 2.96. The SMILES string of the molecule is CCN1C(=O)/C(=C2\SC(=S)N(CC(=O)OCC(C)C)C2=O)c2cc(Br)ccc21. The Balaban J connectivity index is 1.94. The molecular weight excluding hydrogens is 464 g/mol. The van der Waals surface area contributed by atoms with Crippen LogP contribution in [0.4, 0.5) is 5.69 Å². The Morgan fingerprint density at radius 2 is 1.96 bits per heavy atom. The van der Waals surface area contributed by atoms with Gasteiger partial charge in [-0.3, -0.25) is 19.3 Å². The predicted octanol–water partition coefficient (Wildman–Crippen LogP) is 3.59. The third kappa shape index (κ3) is 3.88. The van der Waals surface area contributed by atoms with Crippen LogP contribution in [0.5, 0.6) is 0 Å². The summed E-state index contributed by atoms with van der Waals surface area (Å²) in [7, 11) is 0. The molecule has 0 atom stereocenters. The van der Waals surface area contributed by atoms with Crippen LogP contribution in [0.1, 0.15) is 26.3 Å². The number of hydrogen-bond acceptors (Lipinski definition) is 6. The number of hydrogen-bond donors (Lipinski definition) is 0. The number of fused-ring (bicyclic) bond motifs is 1. The summed E-state index contributed by atoms with van der Waals surface area (Å²) in [5, 5.41) is 0. The van der Waals surface area contributed by atoms with Crippen LogP contribution in [-0.4, -0.2) is 46.7 Å². The maximum absolute atomic E-state index is 13.0. The van der Waals surface area contributed by atoms with Crippen molar-refractivity contribution in [2.45, 2.75) is 20.8 Å². The van der Waals surface area contributed by atoms with Gasteiger partial charge in [0.1, 0.15) is 10.9 Å². The van der Waals surface area contributed by atoms with Gasteiger partial charge in [-0.05, 0) is 31.0 Å². The molecule has 148 valence electrons. The third-order valence-corrected chi connectivity index (χ3v) is 6.18. The van der Waals surface area contributed by atoms with Crippen molar-refractivity contribution < 1.29 is 19.1 Å². The molecule has 0 aromatic heterocycles. The summed E-state index contributed by atoms with van der Waals surface area (Å²) in [4.78, 5) is 41.1. The number of benzene rings is 1. The zero-order chi connectivity index (χ0) is 20.6. The van der Waals surface area contributed by atoms with Crippen LogP contribution < -0.4 is 4.90 Å². The summed E-state index contributed by atoms with van der Waals surface area (Å²) >= 11 is 9.77. The van der Waals surface area contributed by atoms with E-state index in [1.165, 1.54) is 4.90 Å². The van der Waals surface area contributed by atoms with E-state index >= 15 is 0 Å². The quantitative estimate of drug-likeness (QED) is 0.363. The molecule has 1 saturated heterocycles. The van der Waals surface area contributed by atoms with Crippen LogP contribution in [0.25, 0.3) is 5.57 Å². The molecular formula is C19H19BrN2O4S2. The van der Waals surface area contributed by atoms with Gasteiger partial charge in [-0.25, -0.2) is 0 Å². The maximum atomic E-state index is 13.0. The Kier molecular flexibility index (Phi) is 6.26. The molecule has 28 heavy (non-hydrogen) atoms. The first-order valence-electron chi connectivity index (χ1n) is 8.80. The molecule has 0 N–H and O–H groups in total. The molecule has 1 aromatic carbocycles. The number of carbonyl (C=O) groups excluding carboxylic acids is 3. The van der Waals surface area contributed by atoms with E-state index in [1.54, 1.807) is 4.90 Å². The van der Waals surface area contributed by atoms with E-state index in [2.05, 4.69) is 15.9 Å². The van der Waals surface area contributed by atoms with E-state index in [0.717, 1.165) is 21.9 Å². The van der Waals surface area contributed by atoms with Crippen LogP contribution in [0, 0.1) is 5.92 Å². The molecule has 0 saturated carbocycles. The van der Waals surface area contributed by atoms with E-state index in [4.69, 9.17) is 17.0 Å². The lowest BCUT2D eigenvalue weighted by atomic mass is 10.1.